The molecule has 394 valence electrons. The van der Waals surface area contributed by atoms with Crippen molar-refractivity contribution in [2.45, 2.75) is 88.6 Å². The number of nitrogens with one attached hydrogen (secondary N) is 2. The first-order valence-corrected chi connectivity index (χ1v) is 27.6. The van der Waals surface area contributed by atoms with Crippen LogP contribution in [0.4, 0.5) is 11.6 Å². The Morgan fingerprint density at radius 3 is 1.47 bits per heavy atom. The molecule has 4 aliphatic heterocycles. The van der Waals surface area contributed by atoms with Crippen molar-refractivity contribution in [2.24, 2.45) is 0 Å². The van der Waals surface area contributed by atoms with Crippen LogP contribution in [0.25, 0.3) is 22.8 Å². The average Bonchev–Trinajstić information content (AvgIpc) is 4.20. The third kappa shape index (κ3) is 12.5. The molecular weight excluding hydrogens is 1020 g/mol. The normalized spacial score (nSPS) is 20.8. The fourth-order valence-corrected chi connectivity index (χ4v) is 12.4. The van der Waals surface area contributed by atoms with E-state index >= 15 is 0 Å². The fourth-order valence-electron chi connectivity index (χ4n) is 11.6. The summed E-state index contributed by atoms with van der Waals surface area (Å²) in [6.45, 7) is 13.8. The number of benzene rings is 2. The zero-order valence-electron chi connectivity index (χ0n) is 42.5. The number of hydrogen-bond acceptors (Lipinski definition) is 13. The van der Waals surface area contributed by atoms with Gasteiger partial charge in [0.2, 0.25) is 0 Å². The van der Waals surface area contributed by atoms with Gasteiger partial charge in [-0.15, -0.1) is 0 Å². The number of imidazole rings is 2. The van der Waals surface area contributed by atoms with Gasteiger partial charge in [-0.1, -0.05) is 84.5 Å². The van der Waals surface area contributed by atoms with Gasteiger partial charge in [0.05, 0.1) is 29.8 Å². The Morgan fingerprint density at radius 1 is 0.635 bits per heavy atom. The maximum absolute atomic E-state index is 12.7. The number of piperidine rings is 2. The summed E-state index contributed by atoms with van der Waals surface area (Å²) in [6.07, 6.45) is 17.1. The van der Waals surface area contributed by atoms with Crippen molar-refractivity contribution >= 4 is 64.0 Å². The largest absolute Gasteiger partial charge is 0.468 e. The molecule has 0 amide bonds. The number of esters is 1. The number of carbonyl (C=O) groups excluding carboxylic acids is 1. The highest BCUT2D eigenvalue weighted by Gasteiger charge is 2.38. The van der Waals surface area contributed by atoms with Gasteiger partial charge in [-0.05, 0) is 86.1 Å². The Hall–Kier alpha value is -4.81. The van der Waals surface area contributed by atoms with Crippen molar-refractivity contribution in [3.8, 4) is 22.8 Å². The average molecular weight is 1090 g/mol. The summed E-state index contributed by atoms with van der Waals surface area (Å²) < 4.78 is 5.17. The highest BCUT2D eigenvalue weighted by molar-refractivity contribution is 6.33. The first kappa shape index (κ1) is 54.0. The number of aliphatic hydroxyl groups excluding tert-OH is 1. The Kier molecular flexibility index (Phi) is 18.5. The molecule has 2 unspecified atom stereocenters. The quantitative estimate of drug-likeness (QED) is 0.0890. The molecule has 4 fully saturated rings. The number of piperazine rings is 2. The fraction of sp³-hybridized carbons (Fsp3) is 0.473. The molecule has 10 rings (SSSR count). The van der Waals surface area contributed by atoms with Gasteiger partial charge in [0.1, 0.15) is 29.3 Å². The molecule has 19 heteroatoms. The SMILES string of the molecule is CC[C@H]1CN(c2ncc(-c3ncc[nH]3)cc2Cl)CCN1C1CCN(C(C(=O)OC)c2ccc(Cl)cc2)CC1.CC[C@H]1CN(c2ncc(-c3ncc[nH]3)cc2Cl)CCN1C1CCN(C(CO)c2ccc(Cl)cc2)CC1. The van der Waals surface area contributed by atoms with Crippen LogP contribution < -0.4 is 9.80 Å². The predicted octanol–water partition coefficient (Wildman–Crippen LogP) is 9.93. The summed E-state index contributed by atoms with van der Waals surface area (Å²) in [5.41, 5.74) is 3.82. The summed E-state index contributed by atoms with van der Waals surface area (Å²) in [4.78, 5) is 51.6. The van der Waals surface area contributed by atoms with Crippen LogP contribution in [0, 0.1) is 0 Å². The molecule has 74 heavy (non-hydrogen) atoms. The van der Waals surface area contributed by atoms with Crippen LogP contribution in [0.2, 0.25) is 20.1 Å². The van der Waals surface area contributed by atoms with E-state index in [9.17, 15) is 9.90 Å². The molecule has 4 aliphatic rings. The maximum Gasteiger partial charge on any atom is 0.327 e. The molecular formula is C55H68Cl4N12O3. The number of anilines is 2. The van der Waals surface area contributed by atoms with Gasteiger partial charge >= 0.3 is 5.97 Å². The number of aliphatic hydroxyl groups is 1. The van der Waals surface area contributed by atoms with E-state index in [1.807, 2.05) is 73.1 Å². The minimum Gasteiger partial charge on any atom is -0.468 e. The third-order valence-electron chi connectivity index (χ3n) is 15.6. The summed E-state index contributed by atoms with van der Waals surface area (Å²) in [5, 5.41) is 12.8. The Labute approximate surface area is 455 Å². The van der Waals surface area contributed by atoms with Gasteiger partial charge < -0.3 is 29.6 Å². The van der Waals surface area contributed by atoms with Crippen molar-refractivity contribution in [3.63, 3.8) is 0 Å². The number of ether oxygens (including phenoxy) is 1. The first-order valence-electron chi connectivity index (χ1n) is 26.0. The predicted molar refractivity (Wildman–Crippen MR) is 296 cm³/mol. The summed E-state index contributed by atoms with van der Waals surface area (Å²) >= 11 is 25.5. The minimum absolute atomic E-state index is 0.0272. The summed E-state index contributed by atoms with van der Waals surface area (Å²) in [7, 11) is 1.45. The second-order valence-electron chi connectivity index (χ2n) is 19.7. The van der Waals surface area contributed by atoms with E-state index in [1.165, 1.54) is 7.11 Å². The molecule has 0 radical (unpaired) electrons. The Bertz CT molecular complexity index is 2700. The van der Waals surface area contributed by atoms with Gasteiger partial charge in [-0.3, -0.25) is 19.6 Å². The molecule has 3 N–H and O–H groups in total. The van der Waals surface area contributed by atoms with Crippen LogP contribution in [0.3, 0.4) is 0 Å². The second-order valence-corrected chi connectivity index (χ2v) is 21.4. The van der Waals surface area contributed by atoms with Crippen LogP contribution in [-0.2, 0) is 9.53 Å². The molecule has 0 bridgehead atoms. The lowest BCUT2D eigenvalue weighted by Gasteiger charge is -2.48. The van der Waals surface area contributed by atoms with Crippen LogP contribution in [0.15, 0.2) is 97.8 Å². The molecule has 0 spiro atoms. The van der Waals surface area contributed by atoms with Crippen molar-refractivity contribution in [1.82, 2.24) is 49.5 Å². The van der Waals surface area contributed by atoms with Crippen molar-refractivity contribution in [1.29, 1.82) is 0 Å². The summed E-state index contributed by atoms with van der Waals surface area (Å²) in [5.74, 6) is 3.00. The number of likely N-dealkylation sites (tertiary alicyclic amines) is 2. The van der Waals surface area contributed by atoms with Crippen LogP contribution in [-0.4, -0.2) is 164 Å². The number of pyridine rings is 2. The second kappa shape index (κ2) is 25.4. The lowest BCUT2D eigenvalue weighted by molar-refractivity contribution is -0.148. The molecule has 4 aromatic heterocycles. The molecule has 15 nitrogen and oxygen atoms in total. The molecule has 8 heterocycles. The minimum atomic E-state index is -0.408. The topological polar surface area (TPSA) is 149 Å². The van der Waals surface area contributed by atoms with Crippen LogP contribution in [0.1, 0.15) is 75.6 Å². The van der Waals surface area contributed by atoms with E-state index in [-0.39, 0.29) is 18.6 Å². The Morgan fingerprint density at radius 2 is 1.08 bits per heavy atom. The van der Waals surface area contributed by atoms with E-state index in [1.54, 1.807) is 24.8 Å². The van der Waals surface area contributed by atoms with Gasteiger partial charge in [0, 0.05) is 148 Å². The van der Waals surface area contributed by atoms with E-state index in [0.29, 0.717) is 39.2 Å². The smallest absolute Gasteiger partial charge is 0.327 e. The zero-order valence-corrected chi connectivity index (χ0v) is 45.5. The van der Waals surface area contributed by atoms with Crippen LogP contribution >= 0.6 is 46.4 Å². The molecule has 4 saturated heterocycles. The highest BCUT2D eigenvalue weighted by atomic mass is 35.5. The van der Waals surface area contributed by atoms with Gasteiger partial charge in [0.25, 0.3) is 0 Å². The van der Waals surface area contributed by atoms with Crippen molar-refractivity contribution < 1.29 is 14.6 Å². The van der Waals surface area contributed by atoms with Crippen molar-refractivity contribution in [2.75, 3.05) is 89.0 Å². The zero-order chi connectivity index (χ0) is 51.7. The van der Waals surface area contributed by atoms with Gasteiger partial charge in [0.15, 0.2) is 0 Å². The van der Waals surface area contributed by atoms with E-state index < -0.39 is 6.04 Å². The van der Waals surface area contributed by atoms with E-state index in [4.69, 9.17) is 61.1 Å². The number of halogens is 4. The number of H-pyrrole nitrogens is 2. The van der Waals surface area contributed by atoms with Gasteiger partial charge in [-0.2, -0.15) is 0 Å². The van der Waals surface area contributed by atoms with Crippen molar-refractivity contribution in [3.05, 3.63) is 129 Å². The number of rotatable bonds is 14. The molecule has 0 aliphatic carbocycles. The summed E-state index contributed by atoms with van der Waals surface area (Å²) in [6, 6.07) is 20.8. The number of aromatic nitrogens is 6. The number of methoxy groups -OCH3 is 1. The molecule has 6 aromatic rings. The van der Waals surface area contributed by atoms with Crippen LogP contribution in [0.5, 0.6) is 0 Å². The molecule has 4 atom stereocenters. The lowest BCUT2D eigenvalue weighted by atomic mass is 9.95. The standard InChI is InChI=1S/C28H34Cl2N6O2.C27H34Cl2N6O/c1-3-22-18-35(27-24(30)16-20(17-33-27)26-31-10-11-32-26)14-15-36(22)23-8-12-34(13-9-23)25(28(37)38-2)19-4-6-21(29)7-5-19;1-2-22-17-34(27-24(29)15-20(16-32-27)26-30-9-10-31-26)13-14-35(22)23-7-11-33(12-8-23)25(18-36)19-3-5-21(28)6-4-19/h4-7,10-11,16-17,22-23,25H,3,8-9,12-15,18H2,1-2H3,(H,31,32);3-6,9-10,15-16,22-23,25,36H,2,7-8,11-14,17-18H2,1H3,(H,30,31)/t2*22-,25?/m00/s1. The number of carbonyl (C=O) groups is 1. The van der Waals surface area contributed by atoms with E-state index in [2.05, 4.69) is 63.2 Å². The number of nitrogens with zero attached hydrogens (tertiary/aromatic N) is 10. The molecule has 0 saturated carbocycles. The Balaban J connectivity index is 0.000000182. The van der Waals surface area contributed by atoms with E-state index in [0.717, 1.165) is 155 Å². The number of hydrogen-bond donors (Lipinski definition) is 3. The monoisotopic (exact) mass is 1080 g/mol. The van der Waals surface area contributed by atoms with Gasteiger partial charge in [-0.25, -0.2) is 24.7 Å². The maximum atomic E-state index is 12.7. The first-order chi connectivity index (χ1) is 36.0. The third-order valence-corrected chi connectivity index (χ3v) is 16.6. The number of aromatic amines is 2. The molecule has 2 aromatic carbocycles. The lowest BCUT2D eigenvalue weighted by Crippen LogP contribution is -2.58. The highest BCUT2D eigenvalue weighted by Crippen LogP contribution is 2.36.